The van der Waals surface area contributed by atoms with Crippen molar-refractivity contribution in [2.75, 3.05) is 44.1 Å². The number of hydrogen-bond donors (Lipinski definition) is 3. The zero-order valence-electron chi connectivity index (χ0n) is 13.0. The number of rotatable bonds is 10. The van der Waals surface area contributed by atoms with Gasteiger partial charge in [0, 0.05) is 26.8 Å². The highest BCUT2D eigenvalue weighted by Crippen LogP contribution is 2.41. The van der Waals surface area contributed by atoms with Crippen molar-refractivity contribution in [1.29, 1.82) is 0 Å². The lowest BCUT2D eigenvalue weighted by molar-refractivity contribution is 0.0960. The van der Waals surface area contributed by atoms with Gasteiger partial charge in [-0.2, -0.15) is 0 Å². The molecule has 5 nitrogen and oxygen atoms in total. The van der Waals surface area contributed by atoms with Crippen molar-refractivity contribution in [3.63, 3.8) is 0 Å². The van der Waals surface area contributed by atoms with Crippen LogP contribution in [0.15, 0.2) is 4.90 Å². The van der Waals surface area contributed by atoms with Crippen LogP contribution in [0, 0.1) is 0 Å². The largest absolute Gasteiger partial charge is 0.396 e. The summed E-state index contributed by atoms with van der Waals surface area (Å²) in [6.45, 7) is 4.19. The van der Waals surface area contributed by atoms with Gasteiger partial charge >= 0.3 is 0 Å². The van der Waals surface area contributed by atoms with Crippen LogP contribution in [0.3, 0.4) is 0 Å². The molecule has 21 heavy (non-hydrogen) atoms. The third-order valence-corrected chi connectivity index (χ3v) is 5.08. The molecule has 0 spiro atoms. The van der Waals surface area contributed by atoms with E-state index in [1.807, 2.05) is 13.2 Å². The van der Waals surface area contributed by atoms with Crippen LogP contribution in [0.4, 0.5) is 10.7 Å². The Labute approximate surface area is 135 Å². The third-order valence-electron chi connectivity index (χ3n) is 2.96. The van der Waals surface area contributed by atoms with Crippen molar-refractivity contribution in [1.82, 2.24) is 5.32 Å². The number of carbonyl (C=O) groups excluding carboxylic acids is 1. The zero-order valence-corrected chi connectivity index (χ0v) is 14.6. The summed E-state index contributed by atoms with van der Waals surface area (Å²) in [5.41, 5.74) is 6.67. The molecule has 0 aliphatic heterocycles. The number of ether oxygens (including phenoxy) is 1. The molecule has 7 heteroatoms. The van der Waals surface area contributed by atoms with Crippen molar-refractivity contribution in [3.05, 3.63) is 4.88 Å². The molecule has 0 bridgehead atoms. The van der Waals surface area contributed by atoms with E-state index in [4.69, 9.17) is 10.5 Å². The number of carbonyl (C=O) groups is 1. The predicted molar refractivity (Wildman–Crippen MR) is 92.7 cm³/mol. The molecule has 1 aromatic rings. The Bertz CT molecular complexity index is 450. The summed E-state index contributed by atoms with van der Waals surface area (Å²) >= 11 is 3.01. The fourth-order valence-corrected chi connectivity index (χ4v) is 3.88. The second kappa shape index (κ2) is 9.92. The van der Waals surface area contributed by atoms with Crippen LogP contribution >= 0.6 is 23.1 Å². The molecule has 0 saturated heterocycles. The number of amides is 1. The molecule has 1 amide bonds. The summed E-state index contributed by atoms with van der Waals surface area (Å²) in [4.78, 5) is 13.5. The Morgan fingerprint density at radius 1 is 1.38 bits per heavy atom. The fraction of sp³-hybridized carbons (Fsp3) is 0.643. The van der Waals surface area contributed by atoms with Gasteiger partial charge in [-0.3, -0.25) is 4.79 Å². The number of nitrogens with one attached hydrogen (secondary N) is 2. The van der Waals surface area contributed by atoms with Gasteiger partial charge in [-0.05, 0) is 32.4 Å². The fourth-order valence-electron chi connectivity index (χ4n) is 1.91. The first-order valence-electron chi connectivity index (χ1n) is 7.12. The smallest absolute Gasteiger partial charge is 0.263 e. The van der Waals surface area contributed by atoms with Gasteiger partial charge in [0.25, 0.3) is 5.91 Å². The SMILES string of the molecule is CCNC(=O)c1sc(NCCCCCOC)c(SC)c1N. The number of thioether (sulfide) groups is 1. The van der Waals surface area contributed by atoms with E-state index in [-0.39, 0.29) is 5.91 Å². The molecule has 1 aromatic heterocycles. The number of nitrogens with two attached hydrogens (primary N) is 1. The Kier molecular flexibility index (Phi) is 8.56. The highest BCUT2D eigenvalue weighted by atomic mass is 32.2. The van der Waals surface area contributed by atoms with Gasteiger partial charge in [0.1, 0.15) is 9.88 Å². The average Bonchev–Trinajstić information content (AvgIpc) is 2.79. The van der Waals surface area contributed by atoms with Gasteiger partial charge in [0.15, 0.2) is 0 Å². The maximum Gasteiger partial charge on any atom is 0.263 e. The first-order chi connectivity index (χ1) is 10.2. The van der Waals surface area contributed by atoms with Crippen molar-refractivity contribution >= 4 is 39.7 Å². The van der Waals surface area contributed by atoms with Crippen molar-refractivity contribution < 1.29 is 9.53 Å². The molecule has 1 heterocycles. The molecule has 0 saturated carbocycles. The molecular formula is C14H25N3O2S2. The Morgan fingerprint density at radius 3 is 2.76 bits per heavy atom. The molecule has 1 rings (SSSR count). The monoisotopic (exact) mass is 331 g/mol. The molecular weight excluding hydrogens is 306 g/mol. The van der Waals surface area contributed by atoms with Crippen LogP contribution in [-0.2, 0) is 4.74 Å². The lowest BCUT2D eigenvalue weighted by Crippen LogP contribution is -2.22. The van der Waals surface area contributed by atoms with Crippen LogP contribution < -0.4 is 16.4 Å². The van der Waals surface area contributed by atoms with E-state index >= 15 is 0 Å². The van der Waals surface area contributed by atoms with Gasteiger partial charge in [-0.25, -0.2) is 0 Å². The highest BCUT2D eigenvalue weighted by Gasteiger charge is 2.19. The van der Waals surface area contributed by atoms with E-state index in [0.29, 0.717) is 17.1 Å². The summed E-state index contributed by atoms with van der Waals surface area (Å²) in [6.07, 6.45) is 5.25. The molecule has 0 atom stereocenters. The minimum absolute atomic E-state index is 0.0940. The van der Waals surface area contributed by atoms with Gasteiger partial charge in [-0.15, -0.1) is 23.1 Å². The summed E-state index contributed by atoms with van der Waals surface area (Å²) < 4.78 is 5.03. The molecule has 0 aliphatic rings. The van der Waals surface area contributed by atoms with E-state index in [1.54, 1.807) is 18.9 Å². The normalized spacial score (nSPS) is 10.6. The van der Waals surface area contributed by atoms with Crippen molar-refractivity contribution in [2.24, 2.45) is 0 Å². The van der Waals surface area contributed by atoms with E-state index in [1.165, 1.54) is 11.3 Å². The van der Waals surface area contributed by atoms with Crippen LogP contribution in [0.2, 0.25) is 0 Å². The molecule has 0 aromatic carbocycles. The second-order valence-corrected chi connectivity index (χ2v) is 6.38. The van der Waals surface area contributed by atoms with Crippen LogP contribution in [-0.4, -0.2) is 39.0 Å². The average molecular weight is 332 g/mol. The van der Waals surface area contributed by atoms with Crippen LogP contribution in [0.25, 0.3) is 0 Å². The van der Waals surface area contributed by atoms with Gasteiger partial charge in [0.2, 0.25) is 0 Å². The third kappa shape index (κ3) is 5.41. The van der Waals surface area contributed by atoms with E-state index < -0.39 is 0 Å². The number of thiophene rings is 1. The minimum atomic E-state index is -0.0940. The van der Waals surface area contributed by atoms with E-state index in [0.717, 1.165) is 42.3 Å². The Morgan fingerprint density at radius 2 is 2.14 bits per heavy atom. The number of nitrogen functional groups attached to an aromatic ring is 1. The summed E-state index contributed by atoms with van der Waals surface area (Å²) in [5, 5.41) is 7.19. The van der Waals surface area contributed by atoms with E-state index in [9.17, 15) is 4.79 Å². The Balaban J connectivity index is 2.61. The Hall–Kier alpha value is -0.920. The zero-order chi connectivity index (χ0) is 15.7. The summed E-state index contributed by atoms with van der Waals surface area (Å²) in [6, 6.07) is 0. The van der Waals surface area contributed by atoms with Crippen molar-refractivity contribution in [3.8, 4) is 0 Å². The number of methoxy groups -OCH3 is 1. The topological polar surface area (TPSA) is 76.4 Å². The molecule has 0 fully saturated rings. The van der Waals surface area contributed by atoms with Gasteiger partial charge < -0.3 is 21.1 Å². The summed E-state index contributed by atoms with van der Waals surface area (Å²) in [7, 11) is 1.72. The molecule has 0 aliphatic carbocycles. The summed E-state index contributed by atoms with van der Waals surface area (Å²) in [5.74, 6) is -0.0940. The molecule has 120 valence electrons. The highest BCUT2D eigenvalue weighted by molar-refractivity contribution is 7.99. The minimum Gasteiger partial charge on any atom is -0.396 e. The van der Waals surface area contributed by atoms with Crippen molar-refractivity contribution in [2.45, 2.75) is 31.1 Å². The molecule has 4 N–H and O–H groups in total. The van der Waals surface area contributed by atoms with E-state index in [2.05, 4.69) is 10.6 Å². The van der Waals surface area contributed by atoms with Gasteiger partial charge in [0.05, 0.1) is 10.6 Å². The van der Waals surface area contributed by atoms with Crippen LogP contribution in [0.1, 0.15) is 35.9 Å². The maximum atomic E-state index is 12.0. The maximum absolute atomic E-state index is 12.0. The number of hydrogen-bond acceptors (Lipinski definition) is 6. The molecule has 0 radical (unpaired) electrons. The lowest BCUT2D eigenvalue weighted by atomic mass is 10.2. The standard InChI is InChI=1S/C14H25N3O2S2/c1-4-16-13(18)11-10(15)12(20-3)14(21-11)17-8-6-5-7-9-19-2/h17H,4-9,15H2,1-3H3,(H,16,18). The van der Waals surface area contributed by atoms with Crippen LogP contribution in [0.5, 0.6) is 0 Å². The second-order valence-electron chi connectivity index (χ2n) is 4.55. The first kappa shape index (κ1) is 18.1. The molecule has 0 unspecified atom stereocenters. The number of anilines is 2. The predicted octanol–water partition coefficient (Wildman–Crippen LogP) is 3.03. The van der Waals surface area contributed by atoms with Gasteiger partial charge in [-0.1, -0.05) is 0 Å². The lowest BCUT2D eigenvalue weighted by Gasteiger charge is -2.06. The first-order valence-corrected chi connectivity index (χ1v) is 9.17. The number of unbranched alkanes of at least 4 members (excludes halogenated alkanes) is 2. The quantitative estimate of drug-likeness (QED) is 0.454.